The maximum Gasteiger partial charge on any atom is 0.276 e. The van der Waals surface area contributed by atoms with Gasteiger partial charge in [0.2, 0.25) is 10.0 Å². The molecule has 0 unspecified atom stereocenters. The Balaban J connectivity index is 1.45. The zero-order chi connectivity index (χ0) is 23.0. The maximum absolute atomic E-state index is 13.3. The molecule has 1 fully saturated rings. The first kappa shape index (κ1) is 21.6. The van der Waals surface area contributed by atoms with Crippen molar-refractivity contribution in [1.29, 1.82) is 0 Å². The van der Waals surface area contributed by atoms with Crippen LogP contribution in [0, 0.1) is 0 Å². The summed E-state index contributed by atoms with van der Waals surface area (Å²) in [7, 11) is -2.34. The summed E-state index contributed by atoms with van der Waals surface area (Å²) in [6.07, 6.45) is 0.810. The van der Waals surface area contributed by atoms with Gasteiger partial charge in [-0.15, -0.1) is 0 Å². The fourth-order valence-electron chi connectivity index (χ4n) is 4.24. The van der Waals surface area contributed by atoms with Crippen molar-refractivity contribution in [2.75, 3.05) is 44.9 Å². The Morgan fingerprint density at radius 1 is 1.09 bits per heavy atom. The van der Waals surface area contributed by atoms with Gasteiger partial charge in [0.05, 0.1) is 26.0 Å². The number of morpholine rings is 1. The van der Waals surface area contributed by atoms with Crippen molar-refractivity contribution in [1.82, 2.24) is 14.5 Å². The van der Waals surface area contributed by atoms with Gasteiger partial charge in [0.1, 0.15) is 16.3 Å². The number of sulfonamides is 1. The van der Waals surface area contributed by atoms with Crippen molar-refractivity contribution < 1.29 is 22.7 Å². The van der Waals surface area contributed by atoms with E-state index >= 15 is 0 Å². The molecule has 3 heterocycles. The number of H-pyrrole nitrogens is 1. The Morgan fingerprint density at radius 3 is 2.67 bits per heavy atom. The van der Waals surface area contributed by atoms with Crippen LogP contribution in [0.4, 0.5) is 5.69 Å². The number of para-hydroxylation sites is 1. The summed E-state index contributed by atoms with van der Waals surface area (Å²) < 4.78 is 38.5. The Morgan fingerprint density at radius 2 is 1.88 bits per heavy atom. The highest BCUT2D eigenvalue weighted by atomic mass is 32.2. The van der Waals surface area contributed by atoms with E-state index in [1.54, 1.807) is 29.2 Å². The number of anilines is 1. The lowest BCUT2D eigenvalue weighted by Gasteiger charge is -2.26. The topological polar surface area (TPSA) is 105 Å². The molecule has 1 aromatic heterocycles. The Hall–Kier alpha value is -3.21. The monoisotopic (exact) mass is 468 g/mol. The molecule has 2 aliphatic rings. The normalized spacial score (nSPS) is 16.6. The van der Waals surface area contributed by atoms with E-state index in [1.807, 2.05) is 24.3 Å². The number of fused-ring (bicyclic) bond motifs is 1. The van der Waals surface area contributed by atoms with E-state index < -0.39 is 10.0 Å². The van der Waals surface area contributed by atoms with Gasteiger partial charge in [-0.1, -0.05) is 18.2 Å². The molecule has 33 heavy (non-hydrogen) atoms. The summed E-state index contributed by atoms with van der Waals surface area (Å²) in [4.78, 5) is 14.9. The number of carbonyl (C=O) groups is 1. The summed E-state index contributed by atoms with van der Waals surface area (Å²) in [5.74, 6) is 0.0825. The number of nitrogens with one attached hydrogen (secondary N) is 1. The van der Waals surface area contributed by atoms with Gasteiger partial charge in [-0.3, -0.25) is 9.89 Å². The van der Waals surface area contributed by atoms with Gasteiger partial charge in [-0.05, 0) is 42.3 Å². The second-order valence-corrected chi connectivity index (χ2v) is 9.79. The zero-order valence-electron chi connectivity index (χ0n) is 18.2. The van der Waals surface area contributed by atoms with E-state index in [0.717, 1.165) is 17.7 Å². The third-order valence-electron chi connectivity index (χ3n) is 5.99. The largest absolute Gasteiger partial charge is 0.495 e. The average molecular weight is 469 g/mol. The van der Waals surface area contributed by atoms with Gasteiger partial charge >= 0.3 is 0 Å². The summed E-state index contributed by atoms with van der Waals surface area (Å²) in [5.41, 5.74) is 3.43. The van der Waals surface area contributed by atoms with Crippen molar-refractivity contribution in [2.24, 2.45) is 0 Å². The highest BCUT2D eigenvalue weighted by molar-refractivity contribution is 7.89. The second-order valence-electron chi connectivity index (χ2n) is 7.88. The minimum Gasteiger partial charge on any atom is -0.495 e. The van der Waals surface area contributed by atoms with E-state index in [4.69, 9.17) is 9.47 Å². The van der Waals surface area contributed by atoms with E-state index in [0.29, 0.717) is 36.7 Å². The number of nitrogens with zero attached hydrogens (tertiary/aromatic N) is 3. The SMILES string of the molecule is COc1ccc(-c2cc(C(=O)N3CCc4ccccc43)[nH]n2)cc1S(=O)(=O)N1CCOCC1. The fraction of sp³-hybridized carbons (Fsp3) is 0.304. The number of benzene rings is 2. The van der Waals surface area contributed by atoms with Gasteiger partial charge in [0, 0.05) is 30.9 Å². The number of carbonyl (C=O) groups excluding carboxylic acids is 1. The molecule has 1 N–H and O–H groups in total. The van der Waals surface area contributed by atoms with Gasteiger partial charge in [0.15, 0.2) is 0 Å². The smallest absolute Gasteiger partial charge is 0.276 e. The van der Waals surface area contributed by atoms with Crippen LogP contribution in [0.5, 0.6) is 5.75 Å². The van der Waals surface area contributed by atoms with Crippen molar-refractivity contribution >= 4 is 21.6 Å². The lowest BCUT2D eigenvalue weighted by molar-refractivity contribution is 0.0729. The van der Waals surface area contributed by atoms with Crippen LogP contribution in [-0.2, 0) is 21.2 Å². The van der Waals surface area contributed by atoms with Gasteiger partial charge < -0.3 is 14.4 Å². The van der Waals surface area contributed by atoms with E-state index in [2.05, 4.69) is 10.2 Å². The molecule has 0 aliphatic carbocycles. The summed E-state index contributed by atoms with van der Waals surface area (Å²) >= 11 is 0. The van der Waals surface area contributed by atoms with Crippen LogP contribution in [0.15, 0.2) is 53.4 Å². The van der Waals surface area contributed by atoms with E-state index in [9.17, 15) is 13.2 Å². The molecule has 2 aliphatic heterocycles. The van der Waals surface area contributed by atoms with Crippen LogP contribution < -0.4 is 9.64 Å². The summed E-state index contributed by atoms with van der Waals surface area (Å²) in [5, 5.41) is 7.10. The molecule has 0 spiro atoms. The molecule has 10 heteroatoms. The molecule has 0 bridgehead atoms. The number of aromatic nitrogens is 2. The molecular weight excluding hydrogens is 444 g/mol. The molecule has 1 amide bonds. The zero-order valence-corrected chi connectivity index (χ0v) is 19.0. The van der Waals surface area contributed by atoms with Gasteiger partial charge in [-0.25, -0.2) is 8.42 Å². The van der Waals surface area contributed by atoms with Crippen LogP contribution >= 0.6 is 0 Å². The molecule has 9 nitrogen and oxygen atoms in total. The molecule has 1 saturated heterocycles. The minimum absolute atomic E-state index is 0.0637. The first-order chi connectivity index (χ1) is 16.0. The molecule has 0 atom stereocenters. The first-order valence-electron chi connectivity index (χ1n) is 10.7. The molecule has 5 rings (SSSR count). The number of hydrogen-bond acceptors (Lipinski definition) is 6. The third kappa shape index (κ3) is 3.90. The van der Waals surface area contributed by atoms with Crippen LogP contribution in [0.3, 0.4) is 0 Å². The van der Waals surface area contributed by atoms with Gasteiger partial charge in [-0.2, -0.15) is 9.40 Å². The van der Waals surface area contributed by atoms with Crippen molar-refractivity contribution in [3.63, 3.8) is 0 Å². The number of methoxy groups -OCH3 is 1. The number of aromatic amines is 1. The van der Waals surface area contributed by atoms with E-state index in [-0.39, 0.29) is 29.6 Å². The molecule has 0 saturated carbocycles. The number of rotatable bonds is 5. The van der Waals surface area contributed by atoms with Crippen LogP contribution in [0.2, 0.25) is 0 Å². The minimum atomic E-state index is -3.78. The highest BCUT2D eigenvalue weighted by Gasteiger charge is 2.30. The van der Waals surface area contributed by atoms with Crippen molar-refractivity contribution in [3.8, 4) is 17.0 Å². The van der Waals surface area contributed by atoms with Gasteiger partial charge in [0.25, 0.3) is 5.91 Å². The lowest BCUT2D eigenvalue weighted by Crippen LogP contribution is -2.40. The van der Waals surface area contributed by atoms with Crippen LogP contribution in [-0.4, -0.2) is 68.8 Å². The fourth-order valence-corrected chi connectivity index (χ4v) is 5.83. The number of amides is 1. The van der Waals surface area contributed by atoms with Crippen LogP contribution in [0.1, 0.15) is 16.1 Å². The molecular formula is C23H24N4O5S. The highest BCUT2D eigenvalue weighted by Crippen LogP contribution is 2.33. The molecule has 2 aromatic carbocycles. The Labute approximate surface area is 192 Å². The Kier molecular flexibility index (Phi) is 5.65. The Bertz CT molecular complexity index is 1300. The summed E-state index contributed by atoms with van der Waals surface area (Å²) in [6, 6.07) is 14.4. The third-order valence-corrected chi connectivity index (χ3v) is 7.91. The van der Waals surface area contributed by atoms with Crippen molar-refractivity contribution in [2.45, 2.75) is 11.3 Å². The average Bonchev–Trinajstić information content (AvgIpc) is 3.52. The first-order valence-corrected chi connectivity index (χ1v) is 12.1. The molecule has 3 aromatic rings. The molecule has 172 valence electrons. The number of hydrogen-bond donors (Lipinski definition) is 1. The van der Waals surface area contributed by atoms with E-state index in [1.165, 1.54) is 11.4 Å². The standard InChI is InChI=1S/C23H24N4O5S/c1-31-21-7-6-17(14-22(21)33(29,30)26-10-12-32-13-11-26)18-15-19(25-24-18)23(28)27-9-8-16-4-2-3-5-20(16)27/h2-7,14-15H,8-13H2,1H3,(H,24,25). The van der Waals surface area contributed by atoms with Crippen LogP contribution in [0.25, 0.3) is 11.3 Å². The second kappa shape index (κ2) is 8.62. The predicted octanol–water partition coefficient (Wildman–Crippen LogP) is 2.31. The molecule has 0 radical (unpaired) electrons. The summed E-state index contributed by atoms with van der Waals surface area (Å²) in [6.45, 7) is 1.89. The predicted molar refractivity (Wildman–Crippen MR) is 122 cm³/mol. The quantitative estimate of drug-likeness (QED) is 0.616. The lowest BCUT2D eigenvalue weighted by atomic mass is 10.1. The van der Waals surface area contributed by atoms with Crippen molar-refractivity contribution in [3.05, 3.63) is 59.8 Å². The number of ether oxygens (including phenoxy) is 2. The maximum atomic E-state index is 13.3.